The molecule has 0 radical (unpaired) electrons. The van der Waals surface area contributed by atoms with Crippen LogP contribution in [0.3, 0.4) is 0 Å². The molecule has 0 unspecified atom stereocenters. The lowest BCUT2D eigenvalue weighted by Crippen LogP contribution is -2.33. The summed E-state index contributed by atoms with van der Waals surface area (Å²) in [5.41, 5.74) is 3.08. The fraction of sp³-hybridized carbons (Fsp3) is 0.560. The molecule has 2 aromatic heterocycles. The van der Waals surface area contributed by atoms with Crippen molar-refractivity contribution in [3.8, 4) is 5.75 Å². The molecule has 200 valence electrons. The summed E-state index contributed by atoms with van der Waals surface area (Å²) in [6.07, 6.45) is 4.56. The number of alkyl carbamates (subject to hydrolysis) is 1. The second kappa shape index (κ2) is 13.0. The molecule has 0 saturated carbocycles. The van der Waals surface area contributed by atoms with Gasteiger partial charge < -0.3 is 14.2 Å². The zero-order chi connectivity index (χ0) is 26.9. The Balaban J connectivity index is 2.11. The summed E-state index contributed by atoms with van der Waals surface area (Å²) in [6, 6.07) is 5.33. The standard InChI is InChI=1S/C25H39N5O5S/c1-19-15-20(2)21(28-16-19)17-30(14-9-8-12-27-24(31)34-25(3,4)5)18-22-23(11-10-13-26-22)35-36(32,33)29(6)7/h10-11,13,15-16H,8-9,12,14,17-18H2,1-7H3,(H,27,31). The first-order valence-corrected chi connectivity index (χ1v) is 13.3. The molecule has 1 N–H and O–H groups in total. The van der Waals surface area contributed by atoms with Crippen LogP contribution in [0.1, 0.15) is 56.1 Å². The largest absolute Gasteiger partial charge is 0.444 e. The van der Waals surface area contributed by atoms with E-state index in [2.05, 4.69) is 26.3 Å². The van der Waals surface area contributed by atoms with Gasteiger partial charge in [-0.1, -0.05) is 6.07 Å². The maximum absolute atomic E-state index is 12.3. The molecule has 0 bridgehead atoms. The molecular weight excluding hydrogens is 482 g/mol. The van der Waals surface area contributed by atoms with Gasteiger partial charge in [-0.3, -0.25) is 14.9 Å². The van der Waals surface area contributed by atoms with E-state index in [1.54, 1.807) is 18.3 Å². The number of aryl methyl sites for hydroxylation is 2. The Morgan fingerprint density at radius 1 is 1.08 bits per heavy atom. The Hall–Kier alpha value is -2.76. The fourth-order valence-corrected chi connectivity index (χ4v) is 3.85. The van der Waals surface area contributed by atoms with E-state index in [0.29, 0.717) is 31.9 Å². The summed E-state index contributed by atoms with van der Waals surface area (Å²) in [6.45, 7) is 11.6. The third kappa shape index (κ3) is 10.1. The molecule has 0 atom stereocenters. The van der Waals surface area contributed by atoms with Gasteiger partial charge in [0.25, 0.3) is 0 Å². The SMILES string of the molecule is Cc1cnc(CN(CCCCNC(=O)OC(C)(C)C)Cc2ncccc2OS(=O)(=O)N(C)C)c(C)c1. The number of amides is 1. The molecule has 0 aliphatic rings. The van der Waals surface area contributed by atoms with Crippen molar-refractivity contribution in [1.29, 1.82) is 0 Å². The van der Waals surface area contributed by atoms with Crippen molar-refractivity contribution < 1.29 is 22.1 Å². The van der Waals surface area contributed by atoms with Gasteiger partial charge in [-0.25, -0.2) is 4.79 Å². The second-order valence-corrected chi connectivity index (χ2v) is 11.6. The predicted octanol–water partition coefficient (Wildman–Crippen LogP) is 3.59. The highest BCUT2D eigenvalue weighted by atomic mass is 32.2. The van der Waals surface area contributed by atoms with Crippen LogP contribution in [-0.2, 0) is 28.1 Å². The molecule has 1 amide bonds. The van der Waals surface area contributed by atoms with Gasteiger partial charge >= 0.3 is 16.4 Å². The van der Waals surface area contributed by atoms with Crippen LogP contribution in [0.15, 0.2) is 30.6 Å². The molecule has 2 aromatic rings. The summed E-state index contributed by atoms with van der Waals surface area (Å²) in [5.74, 6) is 0.191. The van der Waals surface area contributed by atoms with E-state index in [-0.39, 0.29) is 5.75 Å². The van der Waals surface area contributed by atoms with Gasteiger partial charge in [0.15, 0.2) is 5.75 Å². The molecule has 2 heterocycles. The Morgan fingerprint density at radius 2 is 1.78 bits per heavy atom. The van der Waals surface area contributed by atoms with Gasteiger partial charge in [-0.2, -0.15) is 12.7 Å². The lowest BCUT2D eigenvalue weighted by atomic mass is 10.1. The molecule has 10 nitrogen and oxygen atoms in total. The number of unbranched alkanes of at least 4 members (excludes halogenated alkanes) is 1. The fourth-order valence-electron chi connectivity index (χ4n) is 3.32. The molecule has 0 fully saturated rings. The molecule has 0 aromatic carbocycles. The number of nitrogens with zero attached hydrogens (tertiary/aromatic N) is 4. The van der Waals surface area contributed by atoms with Crippen molar-refractivity contribution in [1.82, 2.24) is 24.5 Å². The maximum Gasteiger partial charge on any atom is 0.407 e. The molecule has 36 heavy (non-hydrogen) atoms. The number of pyridine rings is 2. The molecule has 2 rings (SSSR count). The number of hydrogen-bond donors (Lipinski definition) is 1. The first-order chi connectivity index (χ1) is 16.8. The van der Waals surface area contributed by atoms with Gasteiger partial charge in [-0.05, 0) is 77.3 Å². The molecular formula is C25H39N5O5S. The summed E-state index contributed by atoms with van der Waals surface area (Å²) in [5, 5.41) is 2.78. The van der Waals surface area contributed by atoms with Crippen molar-refractivity contribution in [3.63, 3.8) is 0 Å². The van der Waals surface area contributed by atoms with E-state index in [4.69, 9.17) is 8.92 Å². The topological polar surface area (TPSA) is 114 Å². The number of hydrogen-bond acceptors (Lipinski definition) is 8. The zero-order valence-electron chi connectivity index (χ0n) is 22.4. The Bertz CT molecular complexity index is 1120. The van der Waals surface area contributed by atoms with Crippen molar-refractivity contribution in [3.05, 3.63) is 53.1 Å². The maximum atomic E-state index is 12.3. The van der Waals surface area contributed by atoms with Crippen LogP contribution in [-0.4, -0.2) is 66.5 Å². The van der Waals surface area contributed by atoms with Gasteiger partial charge in [0, 0.05) is 46.1 Å². The minimum atomic E-state index is -3.92. The lowest BCUT2D eigenvalue weighted by molar-refractivity contribution is 0.0526. The predicted molar refractivity (Wildman–Crippen MR) is 139 cm³/mol. The van der Waals surface area contributed by atoms with E-state index in [1.165, 1.54) is 14.1 Å². The molecule has 0 aliphatic heterocycles. The third-order valence-electron chi connectivity index (χ3n) is 5.13. The minimum absolute atomic E-state index is 0.191. The van der Waals surface area contributed by atoms with Crippen molar-refractivity contribution in [2.75, 3.05) is 27.2 Å². The lowest BCUT2D eigenvalue weighted by Gasteiger charge is -2.24. The van der Waals surface area contributed by atoms with Gasteiger partial charge in [0.1, 0.15) is 5.60 Å². The summed E-state index contributed by atoms with van der Waals surface area (Å²) in [4.78, 5) is 23.0. The first-order valence-electron chi connectivity index (χ1n) is 11.9. The van der Waals surface area contributed by atoms with Crippen LogP contribution >= 0.6 is 0 Å². The Morgan fingerprint density at radius 3 is 2.42 bits per heavy atom. The Kier molecular flexibility index (Phi) is 10.6. The van der Waals surface area contributed by atoms with Crippen LogP contribution in [0.4, 0.5) is 4.79 Å². The number of carbonyl (C=O) groups is 1. The highest BCUT2D eigenvalue weighted by Crippen LogP contribution is 2.22. The van der Waals surface area contributed by atoms with Crippen LogP contribution in [0.5, 0.6) is 5.75 Å². The quantitative estimate of drug-likeness (QED) is 0.422. The first kappa shape index (κ1) is 29.5. The van der Waals surface area contributed by atoms with Crippen molar-refractivity contribution in [2.24, 2.45) is 0 Å². The number of carbonyl (C=O) groups excluding carboxylic acids is 1. The van der Waals surface area contributed by atoms with Crippen LogP contribution in [0.25, 0.3) is 0 Å². The van der Waals surface area contributed by atoms with E-state index in [1.807, 2.05) is 40.8 Å². The smallest absolute Gasteiger partial charge is 0.407 e. The number of rotatable bonds is 12. The normalized spacial score (nSPS) is 12.1. The van der Waals surface area contributed by atoms with E-state index in [9.17, 15) is 13.2 Å². The summed E-state index contributed by atoms with van der Waals surface area (Å²) in [7, 11) is -1.09. The van der Waals surface area contributed by atoms with Crippen molar-refractivity contribution in [2.45, 2.75) is 66.2 Å². The van der Waals surface area contributed by atoms with Crippen LogP contribution in [0.2, 0.25) is 0 Å². The molecule has 11 heteroatoms. The minimum Gasteiger partial charge on any atom is -0.444 e. The Labute approximate surface area is 215 Å². The average Bonchev–Trinajstić information content (AvgIpc) is 2.75. The summed E-state index contributed by atoms with van der Waals surface area (Å²) >= 11 is 0. The van der Waals surface area contributed by atoms with Gasteiger partial charge in [0.05, 0.1) is 11.4 Å². The number of aromatic nitrogens is 2. The number of nitrogens with one attached hydrogen (secondary N) is 1. The van der Waals surface area contributed by atoms with Crippen LogP contribution in [0, 0.1) is 13.8 Å². The van der Waals surface area contributed by atoms with E-state index < -0.39 is 22.0 Å². The van der Waals surface area contributed by atoms with Gasteiger partial charge in [-0.15, -0.1) is 0 Å². The number of ether oxygens (including phenoxy) is 1. The highest BCUT2D eigenvalue weighted by Gasteiger charge is 2.21. The van der Waals surface area contributed by atoms with Crippen LogP contribution < -0.4 is 9.50 Å². The third-order valence-corrected chi connectivity index (χ3v) is 6.41. The molecule has 0 aliphatic carbocycles. The molecule has 0 saturated heterocycles. The van der Waals surface area contributed by atoms with E-state index in [0.717, 1.165) is 34.0 Å². The monoisotopic (exact) mass is 521 g/mol. The van der Waals surface area contributed by atoms with Gasteiger partial charge in [0.2, 0.25) is 0 Å². The van der Waals surface area contributed by atoms with Crippen molar-refractivity contribution >= 4 is 16.4 Å². The average molecular weight is 522 g/mol. The second-order valence-electron chi connectivity index (χ2n) is 9.89. The highest BCUT2D eigenvalue weighted by molar-refractivity contribution is 7.84. The molecule has 0 spiro atoms. The summed E-state index contributed by atoms with van der Waals surface area (Å²) < 4.78 is 36.2. The zero-order valence-corrected chi connectivity index (χ0v) is 23.2. The van der Waals surface area contributed by atoms with E-state index >= 15 is 0 Å².